The average Bonchev–Trinajstić information content (AvgIpc) is 3.33. The van der Waals surface area contributed by atoms with E-state index in [0.29, 0.717) is 44.9 Å². The van der Waals surface area contributed by atoms with Crippen LogP contribution in [0.1, 0.15) is 43.4 Å². The first kappa shape index (κ1) is 30.2. The molecule has 0 aliphatic carbocycles. The lowest BCUT2D eigenvalue weighted by molar-refractivity contribution is -0.136. The number of benzene rings is 2. The number of ether oxygens (including phenoxy) is 3. The molecule has 0 spiro atoms. The summed E-state index contributed by atoms with van der Waals surface area (Å²) in [5.74, 6) is -0.0907. The maximum atomic E-state index is 15.9. The lowest BCUT2D eigenvalue weighted by atomic mass is 10.00. The second kappa shape index (κ2) is 12.8. The normalized spacial score (nSPS) is 12.4. The molecule has 1 atom stereocenters. The van der Waals surface area contributed by atoms with Gasteiger partial charge in [-0.2, -0.15) is 0 Å². The first-order valence-corrected chi connectivity index (χ1v) is 14.0. The van der Waals surface area contributed by atoms with Crippen LogP contribution in [0.15, 0.2) is 53.1 Å². The lowest BCUT2D eigenvalue weighted by Gasteiger charge is -2.18. The summed E-state index contributed by atoms with van der Waals surface area (Å²) in [5, 5.41) is 10.0. The summed E-state index contributed by atoms with van der Waals surface area (Å²) in [6.45, 7) is 5.75. The maximum absolute atomic E-state index is 15.9. The van der Waals surface area contributed by atoms with Gasteiger partial charge in [0, 0.05) is 41.4 Å². The van der Waals surface area contributed by atoms with Gasteiger partial charge in [-0.1, -0.05) is 6.07 Å². The molecule has 2 heterocycles. The van der Waals surface area contributed by atoms with Crippen LogP contribution in [0, 0.1) is 5.82 Å². The zero-order valence-corrected chi connectivity index (χ0v) is 24.4. The Hall–Kier alpha value is -3.80. The Labute approximate surface area is 240 Å². The molecule has 11 heteroatoms. The van der Waals surface area contributed by atoms with Crippen LogP contribution in [0.5, 0.6) is 11.5 Å². The fourth-order valence-electron chi connectivity index (χ4n) is 4.20. The molecule has 0 bridgehead atoms. The predicted octanol–water partition coefficient (Wildman–Crippen LogP) is 5.55. The number of hydrogen-bond acceptors (Lipinski definition) is 7. The fraction of sp³-hybridized carbons (Fsp3) is 0.333. The van der Waals surface area contributed by atoms with E-state index < -0.39 is 27.5 Å². The number of nitrogens with zero attached hydrogens (tertiary/aromatic N) is 1. The van der Waals surface area contributed by atoms with Crippen molar-refractivity contribution in [2.45, 2.75) is 51.7 Å². The van der Waals surface area contributed by atoms with Crippen LogP contribution in [0.25, 0.3) is 22.1 Å². The number of pyridine rings is 1. The summed E-state index contributed by atoms with van der Waals surface area (Å²) in [4.78, 5) is 15.5. The standard InChI is InChI=1S/C30H33FN2O7S/c1-30(2,3)41(36)33-15-25-28(31)23(8-9-32-25)24-11-18(10-20-12-22(17-37-4)40-29(20)24)16-39-26-14-21(38-5)7-6-19(26)13-27(34)35/h6-12,14,33H,13,15-17H2,1-5H3,(H,34,35). The highest BCUT2D eigenvalue weighted by atomic mass is 32.2. The highest BCUT2D eigenvalue weighted by molar-refractivity contribution is 7.84. The minimum absolute atomic E-state index is 0.0230. The molecule has 0 aliphatic rings. The second-order valence-electron chi connectivity index (χ2n) is 10.4. The smallest absolute Gasteiger partial charge is 0.307 e. The molecule has 0 amide bonds. The number of furan rings is 1. The van der Waals surface area contributed by atoms with E-state index in [1.165, 1.54) is 13.3 Å². The van der Waals surface area contributed by atoms with Crippen molar-refractivity contribution in [1.82, 2.24) is 9.71 Å². The molecule has 0 saturated carbocycles. The number of carboxylic acids is 1. The van der Waals surface area contributed by atoms with Crippen LogP contribution in [0.2, 0.25) is 0 Å². The Morgan fingerprint density at radius 2 is 1.88 bits per heavy atom. The molecule has 0 aliphatic heterocycles. The molecule has 2 N–H and O–H groups in total. The van der Waals surface area contributed by atoms with E-state index in [-0.39, 0.29) is 37.4 Å². The number of fused-ring (bicyclic) bond motifs is 1. The van der Waals surface area contributed by atoms with Crippen LogP contribution in [0.4, 0.5) is 4.39 Å². The third kappa shape index (κ3) is 7.29. The Balaban J connectivity index is 1.72. The van der Waals surface area contributed by atoms with Gasteiger partial charge in [-0.15, -0.1) is 0 Å². The Bertz CT molecular complexity index is 1580. The van der Waals surface area contributed by atoms with Crippen molar-refractivity contribution in [1.29, 1.82) is 0 Å². The van der Waals surface area contributed by atoms with Gasteiger partial charge in [-0.05, 0) is 56.7 Å². The molecule has 1 unspecified atom stereocenters. The Morgan fingerprint density at radius 3 is 2.56 bits per heavy atom. The van der Waals surface area contributed by atoms with Crippen molar-refractivity contribution < 1.29 is 37.1 Å². The number of aromatic nitrogens is 1. The van der Waals surface area contributed by atoms with Crippen molar-refractivity contribution in [2.24, 2.45) is 0 Å². The van der Waals surface area contributed by atoms with Crippen LogP contribution in [0.3, 0.4) is 0 Å². The number of nitrogens with one attached hydrogen (secondary N) is 1. The van der Waals surface area contributed by atoms with Gasteiger partial charge in [0.25, 0.3) is 0 Å². The fourth-order valence-corrected chi connectivity index (χ4v) is 4.90. The third-order valence-corrected chi connectivity index (χ3v) is 7.72. The minimum atomic E-state index is -1.40. The molecule has 4 aromatic rings. The molecular weight excluding hydrogens is 551 g/mol. The van der Waals surface area contributed by atoms with E-state index in [9.17, 15) is 14.1 Å². The van der Waals surface area contributed by atoms with Gasteiger partial charge in [-0.3, -0.25) is 9.78 Å². The van der Waals surface area contributed by atoms with Gasteiger partial charge in [0.2, 0.25) is 0 Å². The molecule has 2 aromatic heterocycles. The molecule has 218 valence electrons. The number of aliphatic carboxylic acids is 1. The summed E-state index contributed by atoms with van der Waals surface area (Å²) in [5.41, 5.74) is 2.53. The van der Waals surface area contributed by atoms with E-state index in [1.807, 2.05) is 32.9 Å². The number of methoxy groups -OCH3 is 2. The van der Waals surface area contributed by atoms with Gasteiger partial charge in [0.15, 0.2) is 5.82 Å². The third-order valence-electron chi connectivity index (χ3n) is 6.20. The SMILES string of the molecule is COCc1cc2cc(COc3cc(OC)ccc3CC(=O)O)cc(-c3ccnc(CNS(=O)C(C)(C)C)c3F)c2o1. The van der Waals surface area contributed by atoms with Gasteiger partial charge in [0.1, 0.15) is 36.1 Å². The van der Waals surface area contributed by atoms with Crippen LogP contribution >= 0.6 is 0 Å². The molecular formula is C30H33FN2O7S. The summed E-state index contributed by atoms with van der Waals surface area (Å²) in [6.07, 6.45) is 1.28. The van der Waals surface area contributed by atoms with E-state index in [1.54, 1.807) is 37.4 Å². The molecule has 9 nitrogen and oxygen atoms in total. The Morgan fingerprint density at radius 1 is 1.10 bits per heavy atom. The topological polar surface area (TPSA) is 120 Å². The van der Waals surface area contributed by atoms with Gasteiger partial charge >= 0.3 is 5.97 Å². The van der Waals surface area contributed by atoms with E-state index >= 15 is 4.39 Å². The summed E-state index contributed by atoms with van der Waals surface area (Å²) in [6, 6.07) is 12.0. The van der Waals surface area contributed by atoms with Crippen LogP contribution in [-0.2, 0) is 46.7 Å². The van der Waals surface area contributed by atoms with Crippen molar-refractivity contribution >= 4 is 27.9 Å². The van der Waals surface area contributed by atoms with Crippen LogP contribution < -0.4 is 14.2 Å². The second-order valence-corrected chi connectivity index (χ2v) is 12.4. The number of halogens is 1. The lowest BCUT2D eigenvalue weighted by Crippen LogP contribution is -2.33. The molecule has 0 saturated heterocycles. The number of carbonyl (C=O) groups is 1. The van der Waals surface area contributed by atoms with Crippen molar-refractivity contribution in [3.63, 3.8) is 0 Å². The van der Waals surface area contributed by atoms with Crippen molar-refractivity contribution in [3.05, 3.63) is 77.1 Å². The molecule has 0 radical (unpaired) electrons. The first-order valence-electron chi connectivity index (χ1n) is 12.8. The van der Waals surface area contributed by atoms with Gasteiger partial charge < -0.3 is 23.7 Å². The monoisotopic (exact) mass is 584 g/mol. The quantitative estimate of drug-likeness (QED) is 0.223. The van der Waals surface area contributed by atoms with Crippen molar-refractivity contribution in [3.8, 4) is 22.6 Å². The molecule has 4 rings (SSSR count). The van der Waals surface area contributed by atoms with Crippen LogP contribution in [-0.4, -0.2) is 39.2 Å². The average molecular weight is 585 g/mol. The molecule has 2 aromatic carbocycles. The Kier molecular flexibility index (Phi) is 9.42. The zero-order chi connectivity index (χ0) is 29.7. The number of rotatable bonds is 12. The number of hydrogen-bond donors (Lipinski definition) is 2. The molecule has 41 heavy (non-hydrogen) atoms. The van der Waals surface area contributed by atoms with Gasteiger partial charge in [0.05, 0.1) is 41.5 Å². The van der Waals surface area contributed by atoms with Crippen molar-refractivity contribution in [2.75, 3.05) is 14.2 Å². The predicted molar refractivity (Wildman–Crippen MR) is 154 cm³/mol. The van der Waals surface area contributed by atoms with E-state index in [2.05, 4.69) is 9.71 Å². The first-order chi connectivity index (χ1) is 19.5. The summed E-state index contributed by atoms with van der Waals surface area (Å²) >= 11 is 0. The minimum Gasteiger partial charge on any atom is -0.497 e. The van der Waals surface area contributed by atoms with Gasteiger partial charge in [-0.25, -0.2) is 13.3 Å². The maximum Gasteiger partial charge on any atom is 0.307 e. The van der Waals surface area contributed by atoms with E-state index in [0.717, 1.165) is 0 Å². The summed E-state index contributed by atoms with van der Waals surface area (Å²) < 4.78 is 53.3. The zero-order valence-electron chi connectivity index (χ0n) is 23.6. The largest absolute Gasteiger partial charge is 0.497 e. The molecule has 0 fully saturated rings. The summed E-state index contributed by atoms with van der Waals surface area (Å²) in [7, 11) is 1.67. The highest BCUT2D eigenvalue weighted by Crippen LogP contribution is 2.35. The number of carboxylic acid groups (broad SMARTS) is 1. The van der Waals surface area contributed by atoms with E-state index in [4.69, 9.17) is 18.6 Å². The highest BCUT2D eigenvalue weighted by Gasteiger charge is 2.22.